The number of nitrogens with one attached hydrogen (secondary N) is 1. The van der Waals surface area contributed by atoms with Crippen LogP contribution in [0.5, 0.6) is 5.88 Å². The SMILES string of the molecule is CCC(C)NC(=O)CN1CCN(C(=O)c2cccnc2OC)CC1. The lowest BCUT2D eigenvalue weighted by molar-refractivity contribution is -0.123. The number of carbonyl (C=O) groups is 2. The number of ether oxygens (including phenoxy) is 1. The molecule has 1 aliphatic rings. The second kappa shape index (κ2) is 8.63. The van der Waals surface area contributed by atoms with Crippen molar-refractivity contribution in [2.24, 2.45) is 0 Å². The summed E-state index contributed by atoms with van der Waals surface area (Å²) in [7, 11) is 1.51. The van der Waals surface area contributed by atoms with Crippen LogP contribution in [0.3, 0.4) is 0 Å². The highest BCUT2D eigenvalue weighted by molar-refractivity contribution is 5.96. The molecule has 2 amide bonds. The summed E-state index contributed by atoms with van der Waals surface area (Å²) in [6, 6.07) is 3.64. The standard InChI is InChI=1S/C17H26N4O3/c1-4-13(2)19-15(22)12-20-8-10-21(11-9-20)17(23)14-6-5-7-18-16(14)24-3/h5-7,13H,4,8-12H2,1-3H3,(H,19,22). The van der Waals surface area contributed by atoms with Gasteiger partial charge in [-0.15, -0.1) is 0 Å². The Bertz CT molecular complexity index is 571. The van der Waals surface area contributed by atoms with Crippen LogP contribution in [0.2, 0.25) is 0 Å². The van der Waals surface area contributed by atoms with Gasteiger partial charge in [0.15, 0.2) is 0 Å². The number of nitrogens with zero attached hydrogens (tertiary/aromatic N) is 3. The van der Waals surface area contributed by atoms with Crippen LogP contribution in [0, 0.1) is 0 Å². The maximum absolute atomic E-state index is 12.6. The van der Waals surface area contributed by atoms with E-state index in [1.54, 1.807) is 23.2 Å². The van der Waals surface area contributed by atoms with Crippen LogP contribution in [0.4, 0.5) is 0 Å². The summed E-state index contributed by atoms with van der Waals surface area (Å²) in [5.41, 5.74) is 0.475. The quantitative estimate of drug-likeness (QED) is 0.831. The van der Waals surface area contributed by atoms with Gasteiger partial charge in [-0.3, -0.25) is 14.5 Å². The molecule has 1 unspecified atom stereocenters. The Hall–Kier alpha value is -2.15. The Balaban J connectivity index is 1.86. The van der Waals surface area contributed by atoms with Gasteiger partial charge in [0.05, 0.1) is 13.7 Å². The fourth-order valence-electron chi connectivity index (χ4n) is 2.62. The number of carbonyl (C=O) groups excluding carboxylic acids is 2. The molecule has 1 atom stereocenters. The summed E-state index contributed by atoms with van der Waals surface area (Å²) in [6.45, 7) is 6.96. The minimum absolute atomic E-state index is 0.0399. The Kier molecular flexibility index (Phi) is 6.54. The van der Waals surface area contributed by atoms with Crippen molar-refractivity contribution < 1.29 is 14.3 Å². The Morgan fingerprint density at radius 3 is 2.67 bits per heavy atom. The van der Waals surface area contributed by atoms with E-state index in [1.807, 2.05) is 13.8 Å². The minimum Gasteiger partial charge on any atom is -0.480 e. The van der Waals surface area contributed by atoms with Gasteiger partial charge in [-0.2, -0.15) is 0 Å². The first kappa shape index (κ1) is 18.2. The highest BCUT2D eigenvalue weighted by Crippen LogP contribution is 2.17. The smallest absolute Gasteiger partial charge is 0.259 e. The summed E-state index contributed by atoms with van der Waals surface area (Å²) in [5.74, 6) is 0.305. The third kappa shape index (κ3) is 4.67. The van der Waals surface area contributed by atoms with Crippen molar-refractivity contribution in [3.05, 3.63) is 23.9 Å². The number of amides is 2. The fourth-order valence-corrected chi connectivity index (χ4v) is 2.62. The van der Waals surface area contributed by atoms with Gasteiger partial charge in [0.2, 0.25) is 11.8 Å². The first-order chi connectivity index (χ1) is 11.5. The highest BCUT2D eigenvalue weighted by Gasteiger charge is 2.25. The highest BCUT2D eigenvalue weighted by atomic mass is 16.5. The number of piperazine rings is 1. The molecule has 1 N–H and O–H groups in total. The third-order valence-corrected chi connectivity index (χ3v) is 4.24. The van der Waals surface area contributed by atoms with Gasteiger partial charge in [0.25, 0.3) is 5.91 Å². The minimum atomic E-state index is -0.0799. The number of aromatic nitrogens is 1. The van der Waals surface area contributed by atoms with Crippen LogP contribution in [0.15, 0.2) is 18.3 Å². The molecule has 1 aromatic rings. The van der Waals surface area contributed by atoms with Crippen molar-refractivity contribution in [2.75, 3.05) is 39.8 Å². The van der Waals surface area contributed by atoms with Crippen LogP contribution in [-0.2, 0) is 4.79 Å². The molecule has 132 valence electrons. The zero-order valence-electron chi connectivity index (χ0n) is 14.6. The van der Waals surface area contributed by atoms with Crippen LogP contribution >= 0.6 is 0 Å². The molecule has 0 bridgehead atoms. The molecule has 1 aromatic heterocycles. The van der Waals surface area contributed by atoms with Gasteiger partial charge >= 0.3 is 0 Å². The van der Waals surface area contributed by atoms with E-state index in [9.17, 15) is 9.59 Å². The van der Waals surface area contributed by atoms with Crippen molar-refractivity contribution >= 4 is 11.8 Å². The molecule has 0 aliphatic carbocycles. The van der Waals surface area contributed by atoms with Gasteiger partial charge in [0, 0.05) is 38.4 Å². The number of hydrogen-bond acceptors (Lipinski definition) is 5. The molecule has 2 heterocycles. The van der Waals surface area contributed by atoms with E-state index >= 15 is 0 Å². The summed E-state index contributed by atoms with van der Waals surface area (Å²) in [5, 5.41) is 2.97. The number of hydrogen-bond donors (Lipinski definition) is 1. The molecule has 0 saturated carbocycles. The van der Waals surface area contributed by atoms with Crippen molar-refractivity contribution in [3.8, 4) is 5.88 Å². The molecule has 1 fully saturated rings. The van der Waals surface area contributed by atoms with E-state index < -0.39 is 0 Å². The summed E-state index contributed by atoms with van der Waals surface area (Å²) in [4.78, 5) is 32.5. The molecule has 1 aliphatic heterocycles. The Morgan fingerprint density at radius 1 is 1.33 bits per heavy atom. The molecule has 7 heteroatoms. The maximum atomic E-state index is 12.6. The van der Waals surface area contributed by atoms with Crippen molar-refractivity contribution in [3.63, 3.8) is 0 Å². The van der Waals surface area contributed by atoms with Gasteiger partial charge in [-0.1, -0.05) is 6.92 Å². The van der Waals surface area contributed by atoms with Crippen molar-refractivity contribution in [1.29, 1.82) is 0 Å². The Morgan fingerprint density at radius 2 is 2.04 bits per heavy atom. The lowest BCUT2D eigenvalue weighted by Gasteiger charge is -2.34. The predicted molar refractivity (Wildman–Crippen MR) is 91.0 cm³/mol. The molecule has 0 spiro atoms. The number of pyridine rings is 1. The first-order valence-corrected chi connectivity index (χ1v) is 8.35. The predicted octanol–water partition coefficient (Wildman–Crippen LogP) is 0.763. The maximum Gasteiger partial charge on any atom is 0.259 e. The molecular formula is C17H26N4O3. The molecule has 24 heavy (non-hydrogen) atoms. The Labute approximate surface area is 143 Å². The van der Waals surface area contributed by atoms with Crippen LogP contribution in [-0.4, -0.2) is 72.5 Å². The first-order valence-electron chi connectivity index (χ1n) is 8.35. The second-order valence-electron chi connectivity index (χ2n) is 6.01. The molecule has 7 nitrogen and oxygen atoms in total. The van der Waals surface area contributed by atoms with Crippen LogP contribution in [0.25, 0.3) is 0 Å². The van der Waals surface area contributed by atoms with E-state index in [4.69, 9.17) is 4.74 Å². The van der Waals surface area contributed by atoms with E-state index in [0.29, 0.717) is 44.2 Å². The average Bonchev–Trinajstić information content (AvgIpc) is 2.61. The molecule has 0 aromatic carbocycles. The van der Waals surface area contributed by atoms with E-state index in [-0.39, 0.29) is 17.9 Å². The van der Waals surface area contributed by atoms with E-state index in [0.717, 1.165) is 6.42 Å². The monoisotopic (exact) mass is 334 g/mol. The number of methoxy groups -OCH3 is 1. The topological polar surface area (TPSA) is 74.8 Å². The van der Waals surface area contributed by atoms with E-state index in [2.05, 4.69) is 15.2 Å². The fraction of sp³-hybridized carbons (Fsp3) is 0.588. The third-order valence-electron chi connectivity index (χ3n) is 4.24. The van der Waals surface area contributed by atoms with Crippen LogP contribution < -0.4 is 10.1 Å². The lowest BCUT2D eigenvalue weighted by atomic mass is 10.2. The molecule has 0 radical (unpaired) electrons. The summed E-state index contributed by atoms with van der Waals surface area (Å²) < 4.78 is 5.16. The largest absolute Gasteiger partial charge is 0.480 e. The molecule has 2 rings (SSSR count). The zero-order chi connectivity index (χ0) is 17.5. The summed E-state index contributed by atoms with van der Waals surface area (Å²) in [6.07, 6.45) is 2.52. The zero-order valence-corrected chi connectivity index (χ0v) is 14.6. The lowest BCUT2D eigenvalue weighted by Crippen LogP contribution is -2.51. The molecule has 1 saturated heterocycles. The number of rotatable bonds is 6. The molecular weight excluding hydrogens is 308 g/mol. The van der Waals surface area contributed by atoms with Gasteiger partial charge in [-0.05, 0) is 25.5 Å². The average molecular weight is 334 g/mol. The van der Waals surface area contributed by atoms with Gasteiger partial charge < -0.3 is 15.0 Å². The normalized spacial score (nSPS) is 16.5. The van der Waals surface area contributed by atoms with Gasteiger partial charge in [0.1, 0.15) is 5.56 Å². The van der Waals surface area contributed by atoms with E-state index in [1.165, 1.54) is 7.11 Å². The van der Waals surface area contributed by atoms with Crippen LogP contribution in [0.1, 0.15) is 30.6 Å². The van der Waals surface area contributed by atoms with Crippen molar-refractivity contribution in [1.82, 2.24) is 20.1 Å². The van der Waals surface area contributed by atoms with Gasteiger partial charge in [-0.25, -0.2) is 4.98 Å². The second-order valence-corrected chi connectivity index (χ2v) is 6.01. The van der Waals surface area contributed by atoms with Crippen molar-refractivity contribution in [2.45, 2.75) is 26.3 Å². The summed E-state index contributed by atoms with van der Waals surface area (Å²) >= 11 is 0.